The van der Waals surface area contributed by atoms with Crippen LogP contribution < -0.4 is 5.32 Å². The Morgan fingerprint density at radius 3 is 2.25 bits per heavy atom. The second kappa shape index (κ2) is 6.49. The smallest absolute Gasteiger partial charge is 0.0773 e. The molecule has 2 aromatic carbocycles. The third-order valence-electron chi connectivity index (χ3n) is 4.67. The predicted octanol–water partition coefficient (Wildman–Crippen LogP) is 3.18. The van der Waals surface area contributed by atoms with Gasteiger partial charge in [-0.15, -0.1) is 0 Å². The van der Waals surface area contributed by atoms with Gasteiger partial charge in [0.05, 0.1) is 31.1 Å². The fourth-order valence-electron chi connectivity index (χ4n) is 3.51. The van der Waals surface area contributed by atoms with Crippen LogP contribution in [-0.4, -0.2) is 21.5 Å². The Hall–Kier alpha value is -2.59. The summed E-state index contributed by atoms with van der Waals surface area (Å²) in [6.07, 6.45) is 5.91. The molecule has 0 unspecified atom stereocenters. The number of hydrogen-bond acceptors (Lipinski definition) is 3. The van der Waals surface area contributed by atoms with Gasteiger partial charge in [0.15, 0.2) is 0 Å². The number of aliphatic hydroxyl groups excluding tert-OH is 1. The van der Waals surface area contributed by atoms with E-state index in [1.165, 1.54) is 22.3 Å². The quantitative estimate of drug-likeness (QED) is 0.776. The van der Waals surface area contributed by atoms with E-state index in [4.69, 9.17) is 5.11 Å². The summed E-state index contributed by atoms with van der Waals surface area (Å²) in [4.78, 5) is 0. The zero-order chi connectivity index (χ0) is 16.4. The minimum Gasteiger partial charge on any atom is -0.394 e. The van der Waals surface area contributed by atoms with E-state index in [0.717, 1.165) is 18.5 Å². The fourth-order valence-corrected chi connectivity index (χ4v) is 3.51. The molecule has 0 fully saturated rings. The van der Waals surface area contributed by atoms with Crippen molar-refractivity contribution in [2.75, 3.05) is 11.9 Å². The summed E-state index contributed by atoms with van der Waals surface area (Å²) in [6, 6.07) is 17.5. The lowest BCUT2D eigenvalue weighted by Gasteiger charge is -2.22. The van der Waals surface area contributed by atoms with E-state index in [1.54, 1.807) is 4.68 Å². The third kappa shape index (κ3) is 2.81. The molecule has 3 aromatic rings. The molecule has 0 bridgehead atoms. The molecule has 1 aromatic heterocycles. The first-order valence-corrected chi connectivity index (χ1v) is 8.40. The van der Waals surface area contributed by atoms with E-state index in [1.807, 2.05) is 12.4 Å². The zero-order valence-corrected chi connectivity index (χ0v) is 13.5. The van der Waals surface area contributed by atoms with Crippen molar-refractivity contribution < 1.29 is 5.11 Å². The topological polar surface area (TPSA) is 50.1 Å². The number of aryl methyl sites for hydroxylation is 2. The number of benzene rings is 2. The Morgan fingerprint density at radius 1 is 1.00 bits per heavy atom. The molecule has 4 rings (SSSR count). The fraction of sp³-hybridized carbons (Fsp3) is 0.250. The van der Waals surface area contributed by atoms with Gasteiger partial charge in [-0.3, -0.25) is 4.68 Å². The van der Waals surface area contributed by atoms with Crippen molar-refractivity contribution in [2.24, 2.45) is 0 Å². The first kappa shape index (κ1) is 15.0. The van der Waals surface area contributed by atoms with Gasteiger partial charge < -0.3 is 10.4 Å². The highest BCUT2D eigenvalue weighted by Crippen LogP contribution is 2.34. The maximum atomic E-state index is 9.07. The maximum Gasteiger partial charge on any atom is 0.0773 e. The Labute approximate surface area is 141 Å². The van der Waals surface area contributed by atoms with Crippen LogP contribution in [0.15, 0.2) is 60.9 Å². The molecule has 0 saturated carbocycles. The molecule has 2 N–H and O–H groups in total. The Morgan fingerprint density at radius 2 is 1.62 bits per heavy atom. The Balaban J connectivity index is 1.74. The number of anilines is 1. The van der Waals surface area contributed by atoms with Gasteiger partial charge in [0.25, 0.3) is 0 Å². The molecule has 122 valence electrons. The van der Waals surface area contributed by atoms with Crippen LogP contribution in [0.5, 0.6) is 0 Å². The Bertz CT molecular complexity index is 793. The Kier molecular flexibility index (Phi) is 4.05. The molecule has 4 heteroatoms. The van der Waals surface area contributed by atoms with Crippen LogP contribution >= 0.6 is 0 Å². The molecule has 4 nitrogen and oxygen atoms in total. The lowest BCUT2D eigenvalue weighted by molar-refractivity contribution is 0.269. The van der Waals surface area contributed by atoms with Gasteiger partial charge in [-0.05, 0) is 35.1 Å². The van der Waals surface area contributed by atoms with Gasteiger partial charge in [-0.2, -0.15) is 5.10 Å². The average molecular weight is 319 g/mol. The molecule has 0 amide bonds. The highest BCUT2D eigenvalue weighted by Gasteiger charge is 2.23. The molecule has 1 aliphatic carbocycles. The van der Waals surface area contributed by atoms with Gasteiger partial charge in [0.1, 0.15) is 0 Å². The summed E-state index contributed by atoms with van der Waals surface area (Å²) in [5, 5.41) is 17.0. The van der Waals surface area contributed by atoms with Crippen molar-refractivity contribution in [3.63, 3.8) is 0 Å². The van der Waals surface area contributed by atoms with Crippen LogP contribution in [-0.2, 0) is 19.4 Å². The number of hydrogen-bond donors (Lipinski definition) is 2. The number of aromatic nitrogens is 2. The highest BCUT2D eigenvalue weighted by atomic mass is 16.3. The summed E-state index contributed by atoms with van der Waals surface area (Å²) >= 11 is 0. The summed E-state index contributed by atoms with van der Waals surface area (Å²) in [5.41, 5.74) is 6.43. The van der Waals surface area contributed by atoms with Gasteiger partial charge in [-0.25, -0.2) is 0 Å². The van der Waals surface area contributed by atoms with Crippen LogP contribution in [0.1, 0.15) is 28.3 Å². The van der Waals surface area contributed by atoms with Crippen LogP contribution in [0.25, 0.3) is 0 Å². The van der Waals surface area contributed by atoms with Crippen molar-refractivity contribution in [3.05, 3.63) is 83.2 Å². The molecule has 0 atom stereocenters. The normalized spacial score (nSPS) is 13.9. The number of fused-ring (bicyclic) bond motifs is 2. The van der Waals surface area contributed by atoms with Gasteiger partial charge in [0, 0.05) is 6.20 Å². The second-order valence-electron chi connectivity index (χ2n) is 6.19. The summed E-state index contributed by atoms with van der Waals surface area (Å²) in [6.45, 7) is 0.607. The van der Waals surface area contributed by atoms with Gasteiger partial charge >= 0.3 is 0 Å². The molecule has 0 radical (unpaired) electrons. The average Bonchev–Trinajstić information content (AvgIpc) is 2.99. The van der Waals surface area contributed by atoms with E-state index >= 15 is 0 Å². The highest BCUT2D eigenvalue weighted by molar-refractivity contribution is 5.52. The molecular weight excluding hydrogens is 298 g/mol. The zero-order valence-electron chi connectivity index (χ0n) is 13.5. The predicted molar refractivity (Wildman–Crippen MR) is 95.1 cm³/mol. The number of rotatable bonds is 4. The summed E-state index contributed by atoms with van der Waals surface area (Å²) < 4.78 is 1.76. The SMILES string of the molecule is OCCn1cc(NC2c3ccccc3CCc3ccccc32)cn1. The molecular formula is C20H21N3O. The molecule has 0 saturated heterocycles. The van der Waals surface area contributed by atoms with E-state index in [2.05, 4.69) is 58.9 Å². The number of nitrogens with one attached hydrogen (secondary N) is 1. The molecule has 1 heterocycles. The standard InChI is InChI=1S/C20H21N3O/c24-12-11-23-14-17(13-21-23)22-20-18-7-3-1-5-15(18)9-10-16-6-2-4-8-19(16)20/h1-8,13-14,20,22,24H,9-12H2. The largest absolute Gasteiger partial charge is 0.394 e. The summed E-state index contributed by atoms with van der Waals surface area (Å²) in [5.74, 6) is 0. The first-order chi connectivity index (χ1) is 11.8. The first-order valence-electron chi connectivity index (χ1n) is 8.40. The van der Waals surface area contributed by atoms with Crippen LogP contribution in [0, 0.1) is 0 Å². The van der Waals surface area contributed by atoms with Crippen molar-refractivity contribution in [1.82, 2.24) is 9.78 Å². The second-order valence-corrected chi connectivity index (χ2v) is 6.19. The molecule has 24 heavy (non-hydrogen) atoms. The lowest BCUT2D eigenvalue weighted by Crippen LogP contribution is -2.13. The van der Waals surface area contributed by atoms with E-state index in [0.29, 0.717) is 6.54 Å². The van der Waals surface area contributed by atoms with Crippen LogP contribution in [0.3, 0.4) is 0 Å². The van der Waals surface area contributed by atoms with Crippen molar-refractivity contribution in [2.45, 2.75) is 25.4 Å². The minimum absolute atomic E-state index is 0.0935. The van der Waals surface area contributed by atoms with Crippen molar-refractivity contribution in [3.8, 4) is 0 Å². The number of nitrogens with zero attached hydrogens (tertiary/aromatic N) is 2. The van der Waals surface area contributed by atoms with Crippen LogP contribution in [0.2, 0.25) is 0 Å². The molecule has 0 aliphatic heterocycles. The van der Waals surface area contributed by atoms with Crippen molar-refractivity contribution >= 4 is 5.69 Å². The monoisotopic (exact) mass is 319 g/mol. The lowest BCUT2D eigenvalue weighted by atomic mass is 9.94. The van der Waals surface area contributed by atoms with Gasteiger partial charge in [0.2, 0.25) is 0 Å². The number of aliphatic hydroxyl groups is 1. The van der Waals surface area contributed by atoms with E-state index in [-0.39, 0.29) is 12.6 Å². The molecule has 1 aliphatic rings. The van der Waals surface area contributed by atoms with E-state index < -0.39 is 0 Å². The minimum atomic E-state index is 0.0935. The maximum absolute atomic E-state index is 9.07. The van der Waals surface area contributed by atoms with Crippen molar-refractivity contribution in [1.29, 1.82) is 0 Å². The third-order valence-corrected chi connectivity index (χ3v) is 4.67. The van der Waals surface area contributed by atoms with Gasteiger partial charge in [-0.1, -0.05) is 48.5 Å². The molecule has 0 spiro atoms. The van der Waals surface area contributed by atoms with E-state index in [9.17, 15) is 0 Å². The summed E-state index contributed by atoms with van der Waals surface area (Å²) in [7, 11) is 0. The van der Waals surface area contributed by atoms with Crippen LogP contribution in [0.4, 0.5) is 5.69 Å².